The number of rotatable bonds is 2. The van der Waals surface area contributed by atoms with Crippen LogP contribution in [-0.4, -0.2) is 16.1 Å². The molecule has 0 aliphatic carbocycles. The lowest BCUT2D eigenvalue weighted by Crippen LogP contribution is -2.03. The summed E-state index contributed by atoms with van der Waals surface area (Å²) in [6.07, 6.45) is 0. The SMILES string of the molecule is Cc1[nH]c(=S)c(-c2ccccc2C(=O)O)c(C)c1C. The zero-order valence-electron chi connectivity index (χ0n) is 11.1. The summed E-state index contributed by atoms with van der Waals surface area (Å²) >= 11 is 5.37. The number of carboxylic acids is 1. The van der Waals surface area contributed by atoms with Crippen LogP contribution >= 0.6 is 12.2 Å². The van der Waals surface area contributed by atoms with Crippen molar-refractivity contribution in [3.63, 3.8) is 0 Å². The average molecular weight is 273 g/mol. The molecule has 19 heavy (non-hydrogen) atoms. The molecule has 98 valence electrons. The number of aromatic amines is 1. The van der Waals surface area contributed by atoms with Gasteiger partial charge >= 0.3 is 5.97 Å². The summed E-state index contributed by atoms with van der Waals surface area (Å²) in [6.45, 7) is 5.94. The van der Waals surface area contributed by atoms with Gasteiger partial charge in [0.1, 0.15) is 4.64 Å². The van der Waals surface area contributed by atoms with Gasteiger partial charge < -0.3 is 10.1 Å². The van der Waals surface area contributed by atoms with Crippen molar-refractivity contribution in [2.45, 2.75) is 20.8 Å². The predicted molar refractivity (Wildman–Crippen MR) is 78.2 cm³/mol. The zero-order valence-corrected chi connectivity index (χ0v) is 11.9. The van der Waals surface area contributed by atoms with E-state index in [0.717, 1.165) is 22.4 Å². The minimum Gasteiger partial charge on any atom is -0.478 e. The number of hydrogen-bond donors (Lipinski definition) is 2. The van der Waals surface area contributed by atoms with E-state index in [1.54, 1.807) is 18.2 Å². The summed E-state index contributed by atoms with van der Waals surface area (Å²) in [4.78, 5) is 14.5. The van der Waals surface area contributed by atoms with E-state index < -0.39 is 5.97 Å². The molecular formula is C15H15NO2S. The number of benzene rings is 1. The highest BCUT2D eigenvalue weighted by Crippen LogP contribution is 2.30. The minimum absolute atomic E-state index is 0.272. The largest absolute Gasteiger partial charge is 0.478 e. The van der Waals surface area contributed by atoms with Gasteiger partial charge in [0.2, 0.25) is 0 Å². The molecule has 2 N–H and O–H groups in total. The van der Waals surface area contributed by atoms with Crippen molar-refractivity contribution in [3.8, 4) is 11.1 Å². The molecule has 1 aromatic heterocycles. The Bertz CT molecular complexity index is 717. The fourth-order valence-electron chi connectivity index (χ4n) is 2.18. The standard InChI is InChI=1S/C15H15NO2S/c1-8-9(2)13(14(19)16-10(8)3)11-6-4-5-7-12(11)15(17)18/h4-7H,1-3H3,(H,16,19)(H,17,18). The van der Waals surface area contributed by atoms with Crippen molar-refractivity contribution in [3.05, 3.63) is 51.3 Å². The number of hydrogen-bond acceptors (Lipinski definition) is 2. The van der Waals surface area contributed by atoms with Crippen LogP contribution in [0.4, 0.5) is 0 Å². The first-order valence-corrected chi connectivity index (χ1v) is 6.37. The molecule has 0 aliphatic heterocycles. The normalized spacial score (nSPS) is 10.5. The third-order valence-electron chi connectivity index (χ3n) is 3.45. The van der Waals surface area contributed by atoms with Crippen LogP contribution in [0.15, 0.2) is 24.3 Å². The number of carboxylic acid groups (broad SMARTS) is 1. The van der Waals surface area contributed by atoms with Gasteiger partial charge in [-0.1, -0.05) is 30.4 Å². The quantitative estimate of drug-likeness (QED) is 0.812. The van der Waals surface area contributed by atoms with E-state index in [9.17, 15) is 9.90 Å². The number of H-pyrrole nitrogens is 1. The molecule has 0 aliphatic rings. The second kappa shape index (κ2) is 4.97. The lowest BCUT2D eigenvalue weighted by atomic mass is 9.94. The number of nitrogens with one attached hydrogen (secondary N) is 1. The molecule has 0 fully saturated rings. The Hall–Kier alpha value is -1.94. The van der Waals surface area contributed by atoms with Gasteiger partial charge in [-0.25, -0.2) is 4.79 Å². The van der Waals surface area contributed by atoms with Crippen molar-refractivity contribution in [1.82, 2.24) is 4.98 Å². The molecule has 0 bridgehead atoms. The Kier molecular flexibility index (Phi) is 3.53. The van der Waals surface area contributed by atoms with Crippen molar-refractivity contribution in [2.75, 3.05) is 0 Å². The van der Waals surface area contributed by atoms with Gasteiger partial charge in [-0.3, -0.25) is 0 Å². The molecule has 0 atom stereocenters. The van der Waals surface area contributed by atoms with E-state index in [2.05, 4.69) is 4.98 Å². The molecule has 3 nitrogen and oxygen atoms in total. The van der Waals surface area contributed by atoms with Crippen molar-refractivity contribution < 1.29 is 9.90 Å². The second-order valence-corrected chi connectivity index (χ2v) is 4.96. The summed E-state index contributed by atoms with van der Waals surface area (Å²) in [6, 6.07) is 6.94. The Labute approximate surface area is 116 Å². The summed E-state index contributed by atoms with van der Waals surface area (Å²) in [7, 11) is 0. The third-order valence-corrected chi connectivity index (χ3v) is 3.76. The van der Waals surface area contributed by atoms with E-state index in [1.807, 2.05) is 26.8 Å². The van der Waals surface area contributed by atoms with E-state index >= 15 is 0 Å². The van der Waals surface area contributed by atoms with E-state index in [0.29, 0.717) is 10.2 Å². The van der Waals surface area contributed by atoms with Gasteiger partial charge in [-0.15, -0.1) is 0 Å². The molecule has 0 saturated carbocycles. The van der Waals surface area contributed by atoms with Gasteiger partial charge in [0.05, 0.1) is 5.56 Å². The molecule has 0 amide bonds. The Morgan fingerprint density at radius 1 is 1.16 bits per heavy atom. The first kappa shape index (κ1) is 13.5. The fourth-order valence-corrected chi connectivity index (χ4v) is 2.59. The van der Waals surface area contributed by atoms with Crippen LogP contribution in [0.5, 0.6) is 0 Å². The molecule has 0 spiro atoms. The zero-order chi connectivity index (χ0) is 14.2. The molecule has 1 heterocycles. The number of aryl methyl sites for hydroxylation is 1. The van der Waals surface area contributed by atoms with Crippen molar-refractivity contribution in [2.24, 2.45) is 0 Å². The van der Waals surface area contributed by atoms with Crippen LogP contribution in [0.3, 0.4) is 0 Å². The van der Waals surface area contributed by atoms with Crippen molar-refractivity contribution >= 4 is 18.2 Å². The van der Waals surface area contributed by atoms with Gasteiger partial charge in [0.25, 0.3) is 0 Å². The summed E-state index contributed by atoms with van der Waals surface area (Å²) in [5, 5.41) is 9.29. The molecule has 0 saturated heterocycles. The topological polar surface area (TPSA) is 53.1 Å². The summed E-state index contributed by atoms with van der Waals surface area (Å²) in [5.74, 6) is -0.942. The fraction of sp³-hybridized carbons (Fsp3) is 0.200. The lowest BCUT2D eigenvalue weighted by Gasteiger charge is -2.13. The molecule has 0 unspecified atom stereocenters. The summed E-state index contributed by atoms with van der Waals surface area (Å²) in [5.41, 5.74) is 4.87. The van der Waals surface area contributed by atoms with Crippen LogP contribution in [0.1, 0.15) is 27.2 Å². The Balaban J connectivity index is 2.84. The smallest absolute Gasteiger partial charge is 0.336 e. The predicted octanol–water partition coefficient (Wildman–Crippen LogP) is 4.03. The first-order chi connectivity index (χ1) is 8.93. The monoisotopic (exact) mass is 273 g/mol. The number of carbonyl (C=O) groups is 1. The van der Waals surface area contributed by atoms with Crippen LogP contribution in [0.25, 0.3) is 11.1 Å². The molecule has 2 rings (SSSR count). The summed E-state index contributed by atoms with van der Waals surface area (Å²) < 4.78 is 0.578. The first-order valence-electron chi connectivity index (χ1n) is 5.96. The minimum atomic E-state index is -0.942. The highest BCUT2D eigenvalue weighted by atomic mass is 32.1. The van der Waals surface area contributed by atoms with E-state index in [4.69, 9.17) is 12.2 Å². The van der Waals surface area contributed by atoms with Gasteiger partial charge in [-0.05, 0) is 43.5 Å². The number of pyridine rings is 1. The van der Waals surface area contributed by atoms with Gasteiger partial charge in [0.15, 0.2) is 0 Å². The number of aromatic carboxylic acids is 1. The molecule has 0 radical (unpaired) electrons. The third kappa shape index (κ3) is 2.31. The van der Waals surface area contributed by atoms with Gasteiger partial charge in [-0.2, -0.15) is 0 Å². The van der Waals surface area contributed by atoms with Crippen LogP contribution < -0.4 is 0 Å². The van der Waals surface area contributed by atoms with Crippen LogP contribution in [0.2, 0.25) is 0 Å². The van der Waals surface area contributed by atoms with E-state index in [-0.39, 0.29) is 5.56 Å². The lowest BCUT2D eigenvalue weighted by molar-refractivity contribution is 0.0697. The highest BCUT2D eigenvalue weighted by molar-refractivity contribution is 7.71. The maximum atomic E-state index is 11.3. The molecular weight excluding hydrogens is 258 g/mol. The second-order valence-electron chi connectivity index (χ2n) is 4.55. The Morgan fingerprint density at radius 2 is 1.79 bits per heavy atom. The maximum Gasteiger partial charge on any atom is 0.336 e. The molecule has 4 heteroatoms. The van der Waals surface area contributed by atoms with Gasteiger partial charge in [0, 0.05) is 11.3 Å². The average Bonchev–Trinajstić information content (AvgIpc) is 2.36. The highest BCUT2D eigenvalue weighted by Gasteiger charge is 2.15. The Morgan fingerprint density at radius 3 is 2.42 bits per heavy atom. The van der Waals surface area contributed by atoms with Crippen LogP contribution in [0, 0.1) is 25.4 Å². The van der Waals surface area contributed by atoms with Crippen LogP contribution in [-0.2, 0) is 0 Å². The van der Waals surface area contributed by atoms with Crippen molar-refractivity contribution in [1.29, 1.82) is 0 Å². The van der Waals surface area contributed by atoms with E-state index in [1.165, 1.54) is 0 Å². The maximum absolute atomic E-state index is 11.3. The molecule has 2 aromatic rings. The molecule has 1 aromatic carbocycles. The number of aromatic nitrogens is 1.